The fraction of sp³-hybridized carbons (Fsp3) is 0.647. The van der Waals surface area contributed by atoms with E-state index in [1.807, 2.05) is 0 Å². The Kier molecular flexibility index (Phi) is 7.85. The lowest BCUT2D eigenvalue weighted by molar-refractivity contribution is -0.138. The minimum Gasteiger partial charge on any atom is -0.480 e. The highest BCUT2D eigenvalue weighted by Crippen LogP contribution is 2.33. The van der Waals surface area contributed by atoms with Crippen LogP contribution in [0, 0.1) is 0 Å². The third-order valence-corrected chi connectivity index (χ3v) is 5.98. The molecule has 5 atom stereocenters. The highest BCUT2D eigenvalue weighted by Gasteiger charge is 2.44. The number of nitrogen functional groups attached to an aromatic ring is 1. The Labute approximate surface area is 182 Å². The molecule has 14 heteroatoms. The number of aliphatic carboxylic acids is 1. The van der Waals surface area contributed by atoms with Crippen molar-refractivity contribution < 1.29 is 24.9 Å². The van der Waals surface area contributed by atoms with Crippen LogP contribution in [0.4, 0.5) is 11.8 Å². The topological polar surface area (TPSA) is 221 Å². The number of ether oxygens (including phenoxy) is 1. The summed E-state index contributed by atoms with van der Waals surface area (Å²) in [6, 6.07) is -0.935. The number of hydrogen-bond acceptors (Lipinski definition) is 12. The van der Waals surface area contributed by atoms with Crippen LogP contribution in [0.15, 0.2) is 6.33 Å². The molecule has 3 heterocycles. The molecule has 0 spiro atoms. The van der Waals surface area contributed by atoms with Gasteiger partial charge < -0.3 is 42.6 Å². The normalized spacial score (nSPS) is 24.5. The maximum Gasteiger partial charge on any atom is 0.320 e. The number of aromatic nitrogens is 4. The largest absolute Gasteiger partial charge is 0.480 e. The second-order valence-electron chi connectivity index (χ2n) is 7.18. The Balaban J connectivity index is 1.69. The average molecular weight is 457 g/mol. The summed E-state index contributed by atoms with van der Waals surface area (Å²) in [6.07, 6.45) is -1.48. The third kappa shape index (κ3) is 5.34. The van der Waals surface area contributed by atoms with Crippen LogP contribution in [-0.2, 0) is 9.53 Å². The molecular weight excluding hydrogens is 428 g/mol. The lowest BCUT2D eigenvalue weighted by Crippen LogP contribution is -2.33. The smallest absolute Gasteiger partial charge is 0.320 e. The number of nitrogens with one attached hydrogen (secondary N) is 1. The van der Waals surface area contributed by atoms with Crippen molar-refractivity contribution in [3.05, 3.63) is 6.33 Å². The predicted octanol–water partition coefficient (Wildman–Crippen LogP) is -1.68. The van der Waals surface area contributed by atoms with E-state index in [1.165, 1.54) is 22.7 Å². The molecular formula is C17H28N8O5S. The quantitative estimate of drug-likeness (QED) is 0.188. The first-order valence-corrected chi connectivity index (χ1v) is 11.0. The molecule has 0 bridgehead atoms. The van der Waals surface area contributed by atoms with Gasteiger partial charge >= 0.3 is 5.97 Å². The van der Waals surface area contributed by atoms with Crippen molar-refractivity contribution in [1.29, 1.82) is 0 Å². The van der Waals surface area contributed by atoms with Crippen LogP contribution in [0.25, 0.3) is 11.2 Å². The minimum atomic E-state index is -1.21. The van der Waals surface area contributed by atoms with Crippen LogP contribution in [0.5, 0.6) is 0 Å². The maximum atomic E-state index is 10.8. The molecule has 0 amide bonds. The van der Waals surface area contributed by atoms with Gasteiger partial charge in [0.2, 0.25) is 5.95 Å². The molecule has 172 valence electrons. The van der Waals surface area contributed by atoms with E-state index in [4.69, 9.17) is 27.0 Å². The Morgan fingerprint density at radius 1 is 1.35 bits per heavy atom. The first kappa shape index (κ1) is 23.4. The molecule has 3 rings (SSSR count). The first-order valence-electron chi connectivity index (χ1n) is 9.85. The van der Waals surface area contributed by atoms with E-state index in [9.17, 15) is 15.0 Å². The Hall–Kier alpha value is -2.23. The number of carbonyl (C=O) groups is 1. The summed E-state index contributed by atoms with van der Waals surface area (Å²) in [7, 11) is 0. The molecule has 0 aliphatic carbocycles. The highest BCUT2D eigenvalue weighted by atomic mass is 32.2. The lowest BCUT2D eigenvalue weighted by atomic mass is 10.1. The number of nitrogens with two attached hydrogens (primary N) is 3. The third-order valence-electron chi connectivity index (χ3n) is 4.90. The molecule has 0 unspecified atom stereocenters. The standard InChI is InChI=1S/C17H28N8O5S/c18-3-1-4-21-17-23-13(20)10-14(24-17)25(7-22-10)15-12(27)11(26)9(30-15)6-31-5-2-8(19)16(28)29/h7-9,11-12,15,26-27H,1-6,18-19H2,(H,28,29)(H3,20,21,23,24)/t8-,9+,11+,12+,15+/m0/s1. The SMILES string of the molecule is NCCCNc1nc(N)c2ncn([C@@H]3O[C@H](CSCC[C@H](N)C(=O)O)[C@@H](O)[C@H]3O)c2n1. The van der Waals surface area contributed by atoms with Crippen LogP contribution < -0.4 is 22.5 Å². The molecule has 2 aromatic heterocycles. The molecule has 10 N–H and O–H groups in total. The number of aliphatic hydroxyl groups excluding tert-OH is 2. The van der Waals surface area contributed by atoms with E-state index in [1.54, 1.807) is 0 Å². The van der Waals surface area contributed by atoms with Gasteiger partial charge in [-0.05, 0) is 25.1 Å². The van der Waals surface area contributed by atoms with Crippen molar-refractivity contribution >= 4 is 40.7 Å². The monoisotopic (exact) mass is 456 g/mol. The fourth-order valence-electron chi connectivity index (χ4n) is 3.14. The van der Waals surface area contributed by atoms with Crippen molar-refractivity contribution in [2.75, 3.05) is 35.6 Å². The fourth-order valence-corrected chi connectivity index (χ4v) is 4.23. The molecule has 0 aromatic carbocycles. The van der Waals surface area contributed by atoms with Gasteiger partial charge in [-0.15, -0.1) is 0 Å². The number of aliphatic hydroxyl groups is 2. The summed E-state index contributed by atoms with van der Waals surface area (Å²) in [5.41, 5.74) is 17.7. The minimum absolute atomic E-state index is 0.175. The van der Waals surface area contributed by atoms with Crippen molar-refractivity contribution in [2.24, 2.45) is 11.5 Å². The van der Waals surface area contributed by atoms with E-state index in [2.05, 4.69) is 20.3 Å². The summed E-state index contributed by atoms with van der Waals surface area (Å²) in [5.74, 6) is 0.259. The molecule has 31 heavy (non-hydrogen) atoms. The number of hydrogen-bond donors (Lipinski definition) is 7. The molecule has 13 nitrogen and oxygen atoms in total. The molecule has 0 saturated carbocycles. The van der Waals surface area contributed by atoms with Crippen LogP contribution in [0.1, 0.15) is 19.1 Å². The van der Waals surface area contributed by atoms with Gasteiger partial charge in [-0.3, -0.25) is 9.36 Å². The Morgan fingerprint density at radius 2 is 2.13 bits per heavy atom. The van der Waals surface area contributed by atoms with Gasteiger partial charge in [0.1, 0.15) is 23.8 Å². The molecule has 1 aliphatic heterocycles. The second-order valence-corrected chi connectivity index (χ2v) is 8.33. The number of thioether (sulfide) groups is 1. The lowest BCUT2D eigenvalue weighted by Gasteiger charge is -2.17. The van der Waals surface area contributed by atoms with Gasteiger partial charge in [0, 0.05) is 12.3 Å². The highest BCUT2D eigenvalue weighted by molar-refractivity contribution is 7.99. The molecule has 1 saturated heterocycles. The molecule has 1 aliphatic rings. The van der Waals surface area contributed by atoms with Crippen molar-refractivity contribution in [2.45, 2.75) is 43.4 Å². The first-order chi connectivity index (χ1) is 14.8. The molecule has 2 aromatic rings. The van der Waals surface area contributed by atoms with Gasteiger partial charge in [-0.1, -0.05) is 0 Å². The van der Waals surface area contributed by atoms with Crippen LogP contribution in [0.2, 0.25) is 0 Å². The van der Waals surface area contributed by atoms with E-state index >= 15 is 0 Å². The maximum absolute atomic E-state index is 10.8. The van der Waals surface area contributed by atoms with Gasteiger partial charge in [0.15, 0.2) is 17.7 Å². The number of imidazole rings is 1. The van der Waals surface area contributed by atoms with E-state index < -0.39 is 36.6 Å². The predicted molar refractivity (Wildman–Crippen MR) is 115 cm³/mol. The summed E-state index contributed by atoms with van der Waals surface area (Å²) < 4.78 is 7.40. The summed E-state index contributed by atoms with van der Waals surface area (Å²) in [6.45, 7) is 1.09. The van der Waals surface area contributed by atoms with Crippen LogP contribution >= 0.6 is 11.8 Å². The summed E-state index contributed by atoms with van der Waals surface area (Å²) in [4.78, 5) is 23.6. The number of carboxylic acids is 1. The van der Waals surface area contributed by atoms with E-state index in [0.29, 0.717) is 41.7 Å². The van der Waals surface area contributed by atoms with Crippen molar-refractivity contribution in [3.8, 4) is 0 Å². The number of carboxylic acid groups (broad SMARTS) is 1. The van der Waals surface area contributed by atoms with Crippen molar-refractivity contribution in [1.82, 2.24) is 19.5 Å². The zero-order valence-corrected chi connectivity index (χ0v) is 17.6. The number of fused-ring (bicyclic) bond motifs is 1. The Morgan fingerprint density at radius 3 is 2.84 bits per heavy atom. The molecule has 1 fully saturated rings. The molecule has 0 radical (unpaired) electrons. The average Bonchev–Trinajstić information content (AvgIpc) is 3.27. The zero-order valence-electron chi connectivity index (χ0n) is 16.8. The van der Waals surface area contributed by atoms with Crippen LogP contribution in [0.3, 0.4) is 0 Å². The second kappa shape index (κ2) is 10.4. The number of rotatable bonds is 11. The van der Waals surface area contributed by atoms with Crippen LogP contribution in [-0.4, -0.2) is 89.8 Å². The van der Waals surface area contributed by atoms with Gasteiger partial charge in [-0.25, -0.2) is 4.98 Å². The number of nitrogens with zero attached hydrogens (tertiary/aromatic N) is 4. The summed E-state index contributed by atoms with van der Waals surface area (Å²) >= 11 is 1.39. The van der Waals surface area contributed by atoms with E-state index in [-0.39, 0.29) is 12.2 Å². The van der Waals surface area contributed by atoms with Gasteiger partial charge in [-0.2, -0.15) is 21.7 Å². The zero-order chi connectivity index (χ0) is 22.5. The van der Waals surface area contributed by atoms with E-state index in [0.717, 1.165) is 6.42 Å². The van der Waals surface area contributed by atoms with Gasteiger partial charge in [0.05, 0.1) is 12.4 Å². The summed E-state index contributed by atoms with van der Waals surface area (Å²) in [5, 5.41) is 32.8. The van der Waals surface area contributed by atoms with Gasteiger partial charge in [0.25, 0.3) is 0 Å². The Bertz CT molecular complexity index is 899. The van der Waals surface area contributed by atoms with Crippen molar-refractivity contribution in [3.63, 3.8) is 0 Å². The number of anilines is 2.